The molecule has 0 radical (unpaired) electrons. The maximum atomic E-state index is 13.5. The van der Waals surface area contributed by atoms with Gasteiger partial charge in [0.25, 0.3) is 11.8 Å². The molecule has 0 N–H and O–H groups in total. The van der Waals surface area contributed by atoms with Crippen LogP contribution < -0.4 is 14.4 Å². The number of benzene rings is 2. The quantitative estimate of drug-likeness (QED) is 0.470. The summed E-state index contributed by atoms with van der Waals surface area (Å²) in [5.41, 5.74) is 3.01. The van der Waals surface area contributed by atoms with Gasteiger partial charge in [-0.1, -0.05) is 18.2 Å². The third-order valence-electron chi connectivity index (χ3n) is 5.51. The van der Waals surface area contributed by atoms with E-state index in [1.807, 2.05) is 37.3 Å². The van der Waals surface area contributed by atoms with Crippen LogP contribution in [0.3, 0.4) is 0 Å². The number of para-hydroxylation sites is 1. The van der Waals surface area contributed by atoms with Crippen molar-refractivity contribution in [2.45, 2.75) is 6.92 Å². The van der Waals surface area contributed by atoms with Crippen molar-refractivity contribution >= 4 is 28.5 Å². The van der Waals surface area contributed by atoms with E-state index in [1.54, 1.807) is 22.9 Å². The van der Waals surface area contributed by atoms with Gasteiger partial charge in [-0.2, -0.15) is 5.10 Å². The Labute approximate surface area is 176 Å². The van der Waals surface area contributed by atoms with Gasteiger partial charge in [-0.25, -0.2) is 14.6 Å². The lowest BCUT2D eigenvalue weighted by Crippen LogP contribution is -2.29. The number of ether oxygens (including phenoxy) is 2. The van der Waals surface area contributed by atoms with Crippen LogP contribution in [0.4, 0.5) is 5.69 Å². The van der Waals surface area contributed by atoms with Crippen molar-refractivity contribution < 1.29 is 19.1 Å². The van der Waals surface area contributed by atoms with E-state index in [1.165, 1.54) is 6.20 Å². The Kier molecular flexibility index (Phi) is 3.64. The molecule has 2 aliphatic rings. The number of carbonyl (C=O) groups is 2. The normalized spacial score (nSPS) is 14.9. The van der Waals surface area contributed by atoms with Crippen molar-refractivity contribution in [1.82, 2.24) is 14.8 Å². The molecule has 0 fully saturated rings. The van der Waals surface area contributed by atoms with Gasteiger partial charge in [-0.3, -0.25) is 9.59 Å². The lowest BCUT2D eigenvalue weighted by molar-refractivity contribution is 0.0926. The maximum absolute atomic E-state index is 13.5. The van der Waals surface area contributed by atoms with E-state index in [9.17, 15) is 9.59 Å². The summed E-state index contributed by atoms with van der Waals surface area (Å²) < 4.78 is 12.8. The Balaban J connectivity index is 1.50. The Morgan fingerprint density at radius 3 is 2.48 bits per heavy atom. The number of rotatable bonds is 2. The first-order chi connectivity index (χ1) is 15.1. The average Bonchev–Trinajstić information content (AvgIpc) is 3.28. The molecule has 2 aromatic carbocycles. The summed E-state index contributed by atoms with van der Waals surface area (Å²) >= 11 is 0. The highest BCUT2D eigenvalue weighted by Gasteiger charge is 2.40. The highest BCUT2D eigenvalue weighted by molar-refractivity contribution is 6.37. The van der Waals surface area contributed by atoms with Gasteiger partial charge in [0.2, 0.25) is 0 Å². The van der Waals surface area contributed by atoms with Gasteiger partial charge in [-0.15, -0.1) is 0 Å². The first kappa shape index (κ1) is 17.6. The van der Waals surface area contributed by atoms with Gasteiger partial charge < -0.3 is 9.47 Å². The van der Waals surface area contributed by atoms with E-state index in [0.717, 1.165) is 10.6 Å². The van der Waals surface area contributed by atoms with E-state index in [0.29, 0.717) is 52.7 Å². The predicted octanol–water partition coefficient (Wildman–Crippen LogP) is 3.30. The molecule has 0 spiro atoms. The number of hydrogen-bond acceptors (Lipinski definition) is 6. The summed E-state index contributed by atoms with van der Waals surface area (Å²) in [5, 5.41) is 5.17. The number of anilines is 1. The molecule has 152 valence electrons. The van der Waals surface area contributed by atoms with E-state index in [4.69, 9.17) is 9.47 Å². The van der Waals surface area contributed by atoms with Crippen LogP contribution in [0.25, 0.3) is 16.7 Å². The van der Waals surface area contributed by atoms with Gasteiger partial charge >= 0.3 is 0 Å². The molecule has 2 aliphatic heterocycles. The zero-order valence-corrected chi connectivity index (χ0v) is 16.5. The van der Waals surface area contributed by atoms with Crippen LogP contribution in [-0.4, -0.2) is 39.8 Å². The molecular formula is C23H16N4O4. The third kappa shape index (κ3) is 2.48. The first-order valence-corrected chi connectivity index (χ1v) is 9.85. The van der Waals surface area contributed by atoms with Crippen molar-refractivity contribution in [3.8, 4) is 17.2 Å². The second-order valence-electron chi connectivity index (χ2n) is 7.35. The Bertz CT molecular complexity index is 1390. The van der Waals surface area contributed by atoms with Crippen LogP contribution in [0.15, 0.2) is 54.7 Å². The second-order valence-corrected chi connectivity index (χ2v) is 7.35. The van der Waals surface area contributed by atoms with Crippen LogP contribution in [0.5, 0.6) is 11.5 Å². The number of nitrogens with zero attached hydrogens (tertiary/aromatic N) is 4. The fraction of sp³-hybridized carbons (Fsp3) is 0.130. The Hall–Kier alpha value is -4.20. The van der Waals surface area contributed by atoms with E-state index in [2.05, 4.69) is 10.1 Å². The first-order valence-electron chi connectivity index (χ1n) is 9.85. The molecule has 0 bridgehead atoms. The zero-order chi connectivity index (χ0) is 21.1. The molecule has 6 rings (SSSR count). The van der Waals surface area contributed by atoms with Gasteiger partial charge in [0.1, 0.15) is 13.2 Å². The summed E-state index contributed by atoms with van der Waals surface area (Å²) in [6, 6.07) is 14.6. The number of imide groups is 1. The van der Waals surface area contributed by atoms with Crippen molar-refractivity contribution in [3.05, 3.63) is 71.5 Å². The van der Waals surface area contributed by atoms with Crippen molar-refractivity contribution in [1.29, 1.82) is 0 Å². The van der Waals surface area contributed by atoms with E-state index >= 15 is 0 Å². The number of hydrogen-bond donors (Lipinski definition) is 0. The van der Waals surface area contributed by atoms with E-state index < -0.39 is 11.8 Å². The molecule has 2 aromatic heterocycles. The maximum Gasteiger partial charge on any atom is 0.267 e. The summed E-state index contributed by atoms with van der Waals surface area (Å²) in [6.07, 6.45) is 1.45. The molecule has 4 heterocycles. The number of aromatic nitrogens is 3. The van der Waals surface area contributed by atoms with Crippen LogP contribution >= 0.6 is 0 Å². The van der Waals surface area contributed by atoms with Crippen LogP contribution in [0.2, 0.25) is 0 Å². The summed E-state index contributed by atoms with van der Waals surface area (Å²) in [7, 11) is 0. The molecule has 31 heavy (non-hydrogen) atoms. The van der Waals surface area contributed by atoms with Gasteiger partial charge in [0, 0.05) is 12.3 Å². The smallest absolute Gasteiger partial charge is 0.267 e. The minimum absolute atomic E-state index is 0.267. The number of carbonyl (C=O) groups excluding carboxylic acids is 2. The lowest BCUT2D eigenvalue weighted by Gasteiger charge is -2.21. The van der Waals surface area contributed by atoms with Crippen LogP contribution in [-0.2, 0) is 0 Å². The second kappa shape index (κ2) is 6.40. The van der Waals surface area contributed by atoms with Crippen molar-refractivity contribution in [2.24, 2.45) is 0 Å². The molecule has 0 saturated heterocycles. The predicted molar refractivity (Wildman–Crippen MR) is 112 cm³/mol. The molecule has 0 unspecified atom stereocenters. The average molecular weight is 412 g/mol. The minimum atomic E-state index is -0.419. The summed E-state index contributed by atoms with van der Waals surface area (Å²) in [6.45, 7) is 2.70. The topological polar surface area (TPSA) is 86.6 Å². The van der Waals surface area contributed by atoms with Gasteiger partial charge in [0.05, 0.1) is 33.6 Å². The van der Waals surface area contributed by atoms with Gasteiger partial charge in [0.15, 0.2) is 17.1 Å². The van der Waals surface area contributed by atoms with Crippen molar-refractivity contribution in [2.75, 3.05) is 18.1 Å². The molecule has 4 aromatic rings. The minimum Gasteiger partial charge on any atom is -0.486 e. The molecule has 0 saturated carbocycles. The fourth-order valence-electron chi connectivity index (χ4n) is 4.12. The fourth-order valence-corrected chi connectivity index (χ4v) is 4.12. The number of amides is 2. The molecule has 0 aliphatic carbocycles. The molecule has 8 heteroatoms. The van der Waals surface area contributed by atoms with Crippen LogP contribution in [0.1, 0.15) is 26.4 Å². The van der Waals surface area contributed by atoms with Gasteiger partial charge in [-0.05, 0) is 31.2 Å². The number of pyridine rings is 1. The molecular weight excluding hydrogens is 396 g/mol. The lowest BCUT2D eigenvalue weighted by atomic mass is 10.1. The highest BCUT2D eigenvalue weighted by Crippen LogP contribution is 2.38. The van der Waals surface area contributed by atoms with Crippen LogP contribution in [0, 0.1) is 6.92 Å². The molecule has 0 atom stereocenters. The summed E-state index contributed by atoms with van der Waals surface area (Å²) in [4.78, 5) is 32.3. The highest BCUT2D eigenvalue weighted by atomic mass is 16.6. The number of aryl methyl sites for hydroxylation is 1. The molecule has 8 nitrogen and oxygen atoms in total. The standard InChI is InChI=1S/C23H16N4O4/c1-13-19-20-16(12-24-21(19)27(25-13)14-5-3-2-4-6-14)22(28)26(23(20)29)15-7-8-17-18(11-15)31-10-9-30-17/h2-8,11-12H,9-10H2,1H3. The van der Waals surface area contributed by atoms with E-state index in [-0.39, 0.29) is 5.56 Å². The Morgan fingerprint density at radius 2 is 1.68 bits per heavy atom. The zero-order valence-electron chi connectivity index (χ0n) is 16.5. The Morgan fingerprint density at radius 1 is 0.903 bits per heavy atom. The third-order valence-corrected chi connectivity index (χ3v) is 5.51. The molecule has 2 amide bonds. The SMILES string of the molecule is Cc1nn(-c2ccccc2)c2ncc3c(c12)C(=O)N(c1ccc2c(c1)OCCO2)C3=O. The monoisotopic (exact) mass is 412 g/mol. The largest absolute Gasteiger partial charge is 0.486 e. The summed E-state index contributed by atoms with van der Waals surface area (Å²) in [5.74, 6) is 0.282. The van der Waals surface area contributed by atoms with Crippen molar-refractivity contribution in [3.63, 3.8) is 0 Å². The number of fused-ring (bicyclic) bond motifs is 4.